The van der Waals surface area contributed by atoms with E-state index in [1.165, 1.54) is 17.3 Å². The summed E-state index contributed by atoms with van der Waals surface area (Å²) in [5, 5.41) is 2.69. The summed E-state index contributed by atoms with van der Waals surface area (Å²) in [6, 6.07) is 16.1. The number of urea groups is 1. The molecule has 5 rings (SSSR count). The Morgan fingerprint density at radius 1 is 1.13 bits per heavy atom. The van der Waals surface area contributed by atoms with Crippen LogP contribution in [-0.4, -0.2) is 71.0 Å². The summed E-state index contributed by atoms with van der Waals surface area (Å²) in [5.74, 6) is 0.884. The zero-order valence-corrected chi connectivity index (χ0v) is 23.7. The van der Waals surface area contributed by atoms with Crippen LogP contribution >= 0.6 is 11.8 Å². The average molecular weight is 545 g/mol. The first-order valence-corrected chi connectivity index (χ1v) is 14.5. The third-order valence-corrected chi connectivity index (χ3v) is 9.00. The second-order valence-corrected chi connectivity index (χ2v) is 10.9. The Kier molecular flexibility index (Phi) is 8.12. The molecule has 0 radical (unpaired) electrons. The molecule has 1 spiro atoms. The van der Waals surface area contributed by atoms with E-state index in [0.29, 0.717) is 26.2 Å². The van der Waals surface area contributed by atoms with Crippen molar-refractivity contribution < 1.29 is 14.3 Å². The number of allylic oxidation sites excluding steroid dienone is 1. The molecule has 2 fully saturated rings. The molecule has 2 saturated heterocycles. The second kappa shape index (κ2) is 11.7. The Labute approximate surface area is 235 Å². The molecular weight excluding hydrogens is 508 g/mol. The van der Waals surface area contributed by atoms with Crippen molar-refractivity contribution in [3.05, 3.63) is 88.5 Å². The lowest BCUT2D eigenvalue weighted by Crippen LogP contribution is -2.54. The molecule has 3 heterocycles. The molecule has 39 heavy (non-hydrogen) atoms. The first kappa shape index (κ1) is 27.1. The van der Waals surface area contributed by atoms with E-state index in [-0.39, 0.29) is 17.5 Å². The van der Waals surface area contributed by atoms with Crippen molar-refractivity contribution in [1.82, 2.24) is 14.7 Å². The maximum absolute atomic E-state index is 13.7. The van der Waals surface area contributed by atoms with Gasteiger partial charge in [-0.3, -0.25) is 14.7 Å². The topological polar surface area (TPSA) is 65.5 Å². The Bertz CT molecular complexity index is 1310. The van der Waals surface area contributed by atoms with Crippen LogP contribution in [0.4, 0.5) is 4.79 Å². The van der Waals surface area contributed by atoms with Gasteiger partial charge in [-0.05, 0) is 55.2 Å². The lowest BCUT2D eigenvalue weighted by Gasteiger charge is -2.44. The van der Waals surface area contributed by atoms with Gasteiger partial charge in [0.25, 0.3) is 0 Å². The van der Waals surface area contributed by atoms with Gasteiger partial charge in [0.1, 0.15) is 10.8 Å². The van der Waals surface area contributed by atoms with Gasteiger partial charge in [0.2, 0.25) is 5.91 Å². The number of ether oxygens (including phenoxy) is 1. The van der Waals surface area contributed by atoms with E-state index in [9.17, 15) is 9.59 Å². The van der Waals surface area contributed by atoms with E-state index in [2.05, 4.69) is 24.1 Å². The minimum Gasteiger partial charge on any atom is -0.496 e. The van der Waals surface area contributed by atoms with Crippen molar-refractivity contribution in [3.8, 4) is 5.75 Å². The standard InChI is InChI=1S/C31H36N4O3S/c1-4-35-30(37)34-22-24-12-8-14-26(38-3)25(24)13-9-15-27(34)31(35)17-19-33(20-18-31)28(36)16-21-39-29(32-2)23-10-6-5-7-11-23/h5-8,10-12,14-16,21H,4,9,13,17-20,22H2,1-3H3/b21-16+,27-15-,32-29?. The van der Waals surface area contributed by atoms with E-state index < -0.39 is 0 Å². The normalized spacial score (nSPS) is 20.4. The predicted octanol–water partition coefficient (Wildman–Crippen LogP) is 5.47. The van der Waals surface area contributed by atoms with Crippen molar-refractivity contribution in [1.29, 1.82) is 0 Å². The molecule has 0 atom stereocenters. The number of amides is 3. The monoisotopic (exact) mass is 544 g/mol. The van der Waals surface area contributed by atoms with Gasteiger partial charge in [-0.1, -0.05) is 60.3 Å². The summed E-state index contributed by atoms with van der Waals surface area (Å²) < 4.78 is 5.62. The Morgan fingerprint density at radius 3 is 2.59 bits per heavy atom. The fourth-order valence-corrected chi connectivity index (χ4v) is 6.88. The number of hydrogen-bond donors (Lipinski definition) is 0. The number of piperidine rings is 1. The number of rotatable bonds is 5. The molecule has 0 saturated carbocycles. The van der Waals surface area contributed by atoms with Crippen molar-refractivity contribution in [2.45, 2.75) is 44.7 Å². The molecular formula is C31H36N4O3S. The van der Waals surface area contributed by atoms with Crippen LogP contribution in [0.5, 0.6) is 5.75 Å². The zero-order valence-electron chi connectivity index (χ0n) is 22.9. The number of likely N-dealkylation sites (N-methyl/N-ethyl adjacent to an activating group) is 1. The minimum absolute atomic E-state index is 0.00207. The van der Waals surface area contributed by atoms with Gasteiger partial charge in [0, 0.05) is 44.0 Å². The third-order valence-electron chi connectivity index (χ3n) is 8.09. The number of hydrogen-bond acceptors (Lipinski definition) is 5. The number of benzene rings is 2. The largest absolute Gasteiger partial charge is 0.496 e. The number of aliphatic imine (C=N–C) groups is 1. The van der Waals surface area contributed by atoms with Crippen LogP contribution in [-0.2, 0) is 17.8 Å². The Hall–Kier alpha value is -3.52. The number of fused-ring (bicyclic) bond motifs is 3. The van der Waals surface area contributed by atoms with Crippen molar-refractivity contribution in [3.63, 3.8) is 0 Å². The summed E-state index contributed by atoms with van der Waals surface area (Å²) in [4.78, 5) is 37.0. The summed E-state index contributed by atoms with van der Waals surface area (Å²) >= 11 is 1.45. The quantitative estimate of drug-likeness (QED) is 0.285. The molecule has 204 valence electrons. The number of likely N-dealkylation sites (tertiary alicyclic amines) is 1. The van der Waals surface area contributed by atoms with Crippen LogP contribution in [0, 0.1) is 0 Å². The number of thioether (sulfide) groups is 1. The molecule has 0 bridgehead atoms. The molecule has 3 amide bonds. The van der Waals surface area contributed by atoms with Crippen LogP contribution in [0.3, 0.4) is 0 Å². The molecule has 0 N–H and O–H groups in total. The van der Waals surface area contributed by atoms with E-state index in [0.717, 1.165) is 53.3 Å². The van der Waals surface area contributed by atoms with Crippen LogP contribution in [0.25, 0.3) is 0 Å². The van der Waals surface area contributed by atoms with Gasteiger partial charge in [-0.15, -0.1) is 0 Å². The fourth-order valence-electron chi connectivity index (χ4n) is 6.19. The van der Waals surface area contributed by atoms with E-state index in [1.807, 2.05) is 62.6 Å². The second-order valence-electron chi connectivity index (χ2n) is 10.0. The van der Waals surface area contributed by atoms with Gasteiger partial charge < -0.3 is 14.5 Å². The van der Waals surface area contributed by atoms with Gasteiger partial charge in [0.05, 0.1) is 19.2 Å². The lowest BCUT2D eigenvalue weighted by molar-refractivity contribution is -0.127. The van der Waals surface area contributed by atoms with Crippen molar-refractivity contribution in [2.24, 2.45) is 4.99 Å². The highest BCUT2D eigenvalue weighted by molar-refractivity contribution is 8.16. The summed E-state index contributed by atoms with van der Waals surface area (Å²) in [6.45, 7) is 4.46. The Morgan fingerprint density at radius 2 is 1.90 bits per heavy atom. The lowest BCUT2D eigenvalue weighted by atomic mass is 9.82. The maximum atomic E-state index is 13.7. The highest BCUT2D eigenvalue weighted by Crippen LogP contribution is 2.45. The molecule has 3 aliphatic rings. The highest BCUT2D eigenvalue weighted by atomic mass is 32.2. The maximum Gasteiger partial charge on any atom is 0.325 e. The molecule has 0 unspecified atom stereocenters. The van der Waals surface area contributed by atoms with Crippen LogP contribution in [0.15, 0.2) is 76.8 Å². The molecule has 2 aromatic carbocycles. The van der Waals surface area contributed by atoms with E-state index in [1.54, 1.807) is 20.2 Å². The molecule has 0 aromatic heterocycles. The van der Waals surface area contributed by atoms with Gasteiger partial charge in [-0.2, -0.15) is 0 Å². The highest BCUT2D eigenvalue weighted by Gasteiger charge is 2.54. The first-order chi connectivity index (χ1) is 19.0. The third kappa shape index (κ3) is 5.10. The minimum atomic E-state index is -0.368. The molecule has 0 aliphatic carbocycles. The molecule has 8 heteroatoms. The van der Waals surface area contributed by atoms with Crippen molar-refractivity contribution >= 4 is 28.7 Å². The van der Waals surface area contributed by atoms with Crippen LogP contribution in [0.2, 0.25) is 0 Å². The number of methoxy groups -OCH3 is 1. The number of carbonyl (C=O) groups is 2. The van der Waals surface area contributed by atoms with E-state index in [4.69, 9.17) is 4.74 Å². The smallest absolute Gasteiger partial charge is 0.325 e. The van der Waals surface area contributed by atoms with Gasteiger partial charge >= 0.3 is 6.03 Å². The SMILES string of the molecule is CCN1C(=O)N2Cc3cccc(OC)c3CC/C=C\2C12CCN(C(=O)/C=C/SC(=NC)c1ccccc1)CC2. The first-order valence-electron chi connectivity index (χ1n) is 13.6. The van der Waals surface area contributed by atoms with Gasteiger partial charge in [-0.25, -0.2) is 4.79 Å². The summed E-state index contributed by atoms with van der Waals surface area (Å²) in [6.07, 6.45) is 7.09. The fraction of sp³-hybridized carbons (Fsp3) is 0.387. The molecule has 7 nitrogen and oxygen atoms in total. The molecule has 3 aliphatic heterocycles. The van der Waals surface area contributed by atoms with Crippen LogP contribution in [0.1, 0.15) is 42.9 Å². The Balaban J connectivity index is 1.29. The van der Waals surface area contributed by atoms with Crippen molar-refractivity contribution in [2.75, 3.05) is 33.8 Å². The average Bonchev–Trinajstić information content (AvgIpc) is 3.15. The van der Waals surface area contributed by atoms with Gasteiger partial charge in [0.15, 0.2) is 0 Å². The number of carbonyl (C=O) groups excluding carboxylic acids is 2. The predicted molar refractivity (Wildman–Crippen MR) is 157 cm³/mol. The number of nitrogens with zero attached hydrogens (tertiary/aromatic N) is 4. The van der Waals surface area contributed by atoms with Crippen LogP contribution < -0.4 is 4.74 Å². The summed E-state index contributed by atoms with van der Waals surface area (Å²) in [5.41, 5.74) is 4.09. The zero-order chi connectivity index (χ0) is 27.4. The molecule has 2 aromatic rings. The summed E-state index contributed by atoms with van der Waals surface area (Å²) in [7, 11) is 3.47. The van der Waals surface area contributed by atoms with E-state index >= 15 is 0 Å².